The largest absolute Gasteiger partial charge is 0.478 e. The molecule has 6 heteroatoms. The first-order valence-corrected chi connectivity index (χ1v) is 9.25. The number of nitrogens with one attached hydrogen (secondary N) is 1. The smallest absolute Gasteiger partial charge is 0.335 e. The lowest BCUT2D eigenvalue weighted by atomic mass is 10.0. The first-order chi connectivity index (χ1) is 13.3. The Morgan fingerprint density at radius 1 is 1.04 bits per heavy atom. The fraction of sp³-hybridized carbons (Fsp3) is 0.364. The number of carbonyl (C=O) groups is 2. The Kier molecular flexibility index (Phi) is 7.72. The molecule has 0 aliphatic rings. The fourth-order valence-corrected chi connectivity index (χ4v) is 2.87. The summed E-state index contributed by atoms with van der Waals surface area (Å²) >= 11 is 0. The molecular formula is C22H27NO5. The minimum atomic E-state index is -0.984. The van der Waals surface area contributed by atoms with Crippen LogP contribution in [-0.4, -0.2) is 28.2 Å². The van der Waals surface area contributed by atoms with E-state index in [1.807, 2.05) is 45.0 Å². The average molecular weight is 385 g/mol. The van der Waals surface area contributed by atoms with Crippen LogP contribution in [0.2, 0.25) is 0 Å². The highest BCUT2D eigenvalue weighted by Crippen LogP contribution is 2.17. The van der Waals surface area contributed by atoms with Crippen LogP contribution < -0.4 is 5.32 Å². The van der Waals surface area contributed by atoms with Crippen molar-refractivity contribution in [2.24, 2.45) is 5.92 Å². The van der Waals surface area contributed by atoms with Crippen LogP contribution in [-0.2, 0) is 22.7 Å². The van der Waals surface area contributed by atoms with Gasteiger partial charge in [-0.3, -0.25) is 4.79 Å². The Hall–Kier alpha value is -2.70. The molecule has 1 amide bonds. The van der Waals surface area contributed by atoms with Gasteiger partial charge in [-0.1, -0.05) is 50.2 Å². The second kappa shape index (κ2) is 10.0. The average Bonchev–Trinajstić information content (AvgIpc) is 2.68. The lowest BCUT2D eigenvalue weighted by molar-refractivity contribution is -0.137. The SMILES string of the molecule is CC(C)[C@@H](OCc1cccc(CO)c1)C(=O)N[C@@H](C)c1ccc(C(=O)O)cc1. The van der Waals surface area contributed by atoms with Crippen LogP contribution >= 0.6 is 0 Å². The predicted octanol–water partition coefficient (Wildman–Crippen LogP) is 3.30. The van der Waals surface area contributed by atoms with Crippen molar-refractivity contribution in [3.05, 3.63) is 70.8 Å². The van der Waals surface area contributed by atoms with Crippen LogP contribution in [0.4, 0.5) is 0 Å². The summed E-state index contributed by atoms with van der Waals surface area (Å²) in [5.74, 6) is -1.23. The Morgan fingerprint density at radius 2 is 1.68 bits per heavy atom. The Bertz CT molecular complexity index is 801. The van der Waals surface area contributed by atoms with E-state index in [0.29, 0.717) is 0 Å². The number of carbonyl (C=O) groups excluding carboxylic acids is 1. The number of aliphatic hydroxyl groups excluding tert-OH is 1. The topological polar surface area (TPSA) is 95.9 Å². The molecule has 0 saturated heterocycles. The second-order valence-corrected chi connectivity index (χ2v) is 7.11. The van der Waals surface area contributed by atoms with Crippen molar-refractivity contribution in [1.82, 2.24) is 5.32 Å². The number of hydrogen-bond donors (Lipinski definition) is 3. The third-order valence-corrected chi connectivity index (χ3v) is 4.48. The number of aromatic carboxylic acids is 1. The summed E-state index contributed by atoms with van der Waals surface area (Å²) in [7, 11) is 0. The van der Waals surface area contributed by atoms with E-state index < -0.39 is 12.1 Å². The number of aliphatic hydroxyl groups is 1. The molecule has 0 heterocycles. The number of benzene rings is 2. The molecule has 28 heavy (non-hydrogen) atoms. The number of hydrogen-bond acceptors (Lipinski definition) is 4. The Labute approximate surface area is 165 Å². The molecular weight excluding hydrogens is 358 g/mol. The number of carboxylic acid groups (broad SMARTS) is 1. The molecule has 0 bridgehead atoms. The molecule has 3 N–H and O–H groups in total. The number of ether oxygens (including phenoxy) is 1. The van der Waals surface area contributed by atoms with Gasteiger partial charge < -0.3 is 20.3 Å². The van der Waals surface area contributed by atoms with Crippen LogP contribution in [0.15, 0.2) is 48.5 Å². The maximum Gasteiger partial charge on any atom is 0.335 e. The minimum absolute atomic E-state index is 0.0254. The van der Waals surface area contributed by atoms with E-state index >= 15 is 0 Å². The lowest BCUT2D eigenvalue weighted by Gasteiger charge is -2.24. The molecule has 0 spiro atoms. The highest BCUT2D eigenvalue weighted by Gasteiger charge is 2.24. The van der Waals surface area contributed by atoms with Gasteiger partial charge >= 0.3 is 5.97 Å². The molecule has 0 aliphatic carbocycles. The van der Waals surface area contributed by atoms with Crippen LogP contribution in [0, 0.1) is 5.92 Å². The molecule has 2 aromatic carbocycles. The fourth-order valence-electron chi connectivity index (χ4n) is 2.87. The third kappa shape index (κ3) is 5.90. The van der Waals surface area contributed by atoms with Crippen molar-refractivity contribution in [2.75, 3.05) is 0 Å². The van der Waals surface area contributed by atoms with E-state index in [9.17, 15) is 14.7 Å². The summed E-state index contributed by atoms with van der Waals surface area (Å²) in [4.78, 5) is 23.7. The van der Waals surface area contributed by atoms with Crippen LogP contribution in [0.25, 0.3) is 0 Å². The number of amides is 1. The van der Waals surface area contributed by atoms with Crippen LogP contribution in [0.5, 0.6) is 0 Å². The van der Waals surface area contributed by atoms with Crippen LogP contribution in [0.1, 0.15) is 53.9 Å². The van der Waals surface area contributed by atoms with Crippen molar-refractivity contribution in [1.29, 1.82) is 0 Å². The first-order valence-electron chi connectivity index (χ1n) is 9.25. The summed E-state index contributed by atoms with van der Waals surface area (Å²) in [6.07, 6.45) is -0.626. The molecule has 0 aliphatic heterocycles. The van der Waals surface area contributed by atoms with Gasteiger partial charge in [0.1, 0.15) is 6.10 Å². The zero-order valence-electron chi connectivity index (χ0n) is 16.4. The van der Waals surface area contributed by atoms with Gasteiger partial charge in [-0.2, -0.15) is 0 Å². The van der Waals surface area contributed by atoms with E-state index in [2.05, 4.69) is 5.32 Å². The quantitative estimate of drug-likeness (QED) is 0.616. The minimum Gasteiger partial charge on any atom is -0.478 e. The molecule has 2 aromatic rings. The zero-order valence-corrected chi connectivity index (χ0v) is 16.4. The summed E-state index contributed by atoms with van der Waals surface area (Å²) in [5.41, 5.74) is 2.71. The van der Waals surface area contributed by atoms with Gasteiger partial charge in [0.15, 0.2) is 0 Å². The van der Waals surface area contributed by atoms with Gasteiger partial charge in [0.05, 0.1) is 24.8 Å². The zero-order chi connectivity index (χ0) is 20.7. The predicted molar refractivity (Wildman–Crippen MR) is 106 cm³/mol. The number of rotatable bonds is 9. The molecule has 0 fully saturated rings. The van der Waals surface area contributed by atoms with Gasteiger partial charge in [0, 0.05) is 0 Å². The van der Waals surface area contributed by atoms with Gasteiger partial charge in [0.25, 0.3) is 0 Å². The summed E-state index contributed by atoms with van der Waals surface area (Å²) in [6, 6.07) is 13.6. The highest BCUT2D eigenvalue weighted by atomic mass is 16.5. The van der Waals surface area contributed by atoms with Gasteiger partial charge in [-0.25, -0.2) is 4.79 Å². The summed E-state index contributed by atoms with van der Waals surface area (Å²) in [6.45, 7) is 5.91. The number of carboxylic acids is 1. The van der Waals surface area contributed by atoms with E-state index in [4.69, 9.17) is 9.84 Å². The van der Waals surface area contributed by atoms with Crippen LogP contribution in [0.3, 0.4) is 0 Å². The maximum atomic E-state index is 12.7. The van der Waals surface area contributed by atoms with Gasteiger partial charge in [-0.15, -0.1) is 0 Å². The molecule has 150 valence electrons. The van der Waals surface area contributed by atoms with Gasteiger partial charge in [-0.05, 0) is 41.7 Å². The third-order valence-electron chi connectivity index (χ3n) is 4.48. The molecule has 0 radical (unpaired) electrons. The highest BCUT2D eigenvalue weighted by molar-refractivity contribution is 5.87. The Balaban J connectivity index is 2.00. The second-order valence-electron chi connectivity index (χ2n) is 7.11. The molecule has 0 aromatic heterocycles. The van der Waals surface area contributed by atoms with Crippen molar-refractivity contribution in [2.45, 2.75) is 46.1 Å². The van der Waals surface area contributed by atoms with Crippen molar-refractivity contribution < 1.29 is 24.5 Å². The monoisotopic (exact) mass is 385 g/mol. The molecule has 2 rings (SSSR count). The molecule has 0 unspecified atom stereocenters. The maximum absolute atomic E-state index is 12.7. The normalized spacial score (nSPS) is 13.2. The molecule has 0 saturated carbocycles. The lowest BCUT2D eigenvalue weighted by Crippen LogP contribution is -2.40. The van der Waals surface area contributed by atoms with Gasteiger partial charge in [0.2, 0.25) is 5.91 Å². The van der Waals surface area contributed by atoms with E-state index in [1.54, 1.807) is 12.1 Å². The van der Waals surface area contributed by atoms with E-state index in [-0.39, 0.29) is 36.6 Å². The summed E-state index contributed by atoms with van der Waals surface area (Å²) in [5, 5.41) is 21.1. The van der Waals surface area contributed by atoms with Crippen molar-refractivity contribution in [3.8, 4) is 0 Å². The Morgan fingerprint density at radius 3 is 2.25 bits per heavy atom. The van der Waals surface area contributed by atoms with E-state index in [1.165, 1.54) is 12.1 Å². The standard InChI is InChI=1S/C22H27NO5/c1-14(2)20(28-13-17-6-4-5-16(11-17)12-24)21(25)23-15(3)18-7-9-19(10-8-18)22(26)27/h4-11,14-15,20,24H,12-13H2,1-3H3,(H,23,25)(H,26,27)/t15-,20+/m0/s1. The van der Waals surface area contributed by atoms with E-state index in [0.717, 1.165) is 16.7 Å². The molecule has 6 nitrogen and oxygen atoms in total. The van der Waals surface area contributed by atoms with Crippen molar-refractivity contribution in [3.63, 3.8) is 0 Å². The van der Waals surface area contributed by atoms with Crippen molar-refractivity contribution >= 4 is 11.9 Å². The first kappa shape index (κ1) is 21.6. The molecule has 2 atom stereocenters. The summed E-state index contributed by atoms with van der Waals surface area (Å²) < 4.78 is 5.87.